The first-order chi connectivity index (χ1) is 11.2. The van der Waals surface area contributed by atoms with Crippen molar-refractivity contribution >= 4 is 16.9 Å². The number of fused-ring (bicyclic) bond motifs is 1. The average molecular weight is 318 g/mol. The third-order valence-corrected chi connectivity index (χ3v) is 4.12. The maximum Gasteiger partial charge on any atom is 0.255 e. The molecular weight excluding hydrogens is 296 g/mol. The monoisotopic (exact) mass is 318 g/mol. The van der Waals surface area contributed by atoms with Crippen LogP contribution >= 0.6 is 0 Å². The summed E-state index contributed by atoms with van der Waals surface area (Å²) >= 11 is 0. The topological polar surface area (TPSA) is 63.9 Å². The number of hydrogen-bond donors (Lipinski definition) is 1. The van der Waals surface area contributed by atoms with Crippen LogP contribution in [0.25, 0.3) is 11.0 Å². The van der Waals surface area contributed by atoms with E-state index < -0.39 is 0 Å². The van der Waals surface area contributed by atoms with Gasteiger partial charge in [0, 0.05) is 31.6 Å². The number of carbonyl (C=O) groups excluding carboxylic acids is 1. The van der Waals surface area contributed by atoms with Crippen molar-refractivity contribution in [3.8, 4) is 5.75 Å². The maximum atomic E-state index is 12.5. The number of carbonyl (C=O) groups is 1. The van der Waals surface area contributed by atoms with Crippen LogP contribution < -0.4 is 10.1 Å². The van der Waals surface area contributed by atoms with Crippen molar-refractivity contribution in [1.29, 1.82) is 0 Å². The molecule has 6 nitrogen and oxygen atoms in total. The molecule has 0 spiro atoms. The second-order valence-corrected chi connectivity index (χ2v) is 5.61. The normalized spacial score (nSPS) is 15.7. The standard InChI is InChI=1S/C17H22N2O4/c1-12-16(14-11-13(21-2)3-4-15(14)23-12)17(20)18-5-6-19-7-9-22-10-8-19/h3-4,11H,5-10H2,1-2H3,(H,18,20). The third kappa shape index (κ3) is 3.48. The van der Waals surface area contributed by atoms with Crippen molar-refractivity contribution in [3.05, 3.63) is 29.5 Å². The minimum atomic E-state index is -0.109. The lowest BCUT2D eigenvalue weighted by Gasteiger charge is -2.26. The number of methoxy groups -OCH3 is 1. The van der Waals surface area contributed by atoms with Crippen LogP contribution in [0.15, 0.2) is 22.6 Å². The number of rotatable bonds is 5. The van der Waals surface area contributed by atoms with E-state index >= 15 is 0 Å². The molecule has 1 aliphatic heterocycles. The predicted molar refractivity (Wildman–Crippen MR) is 87.1 cm³/mol. The van der Waals surface area contributed by atoms with Crippen LogP contribution in [-0.2, 0) is 4.74 Å². The zero-order chi connectivity index (χ0) is 16.2. The Morgan fingerprint density at radius 3 is 2.87 bits per heavy atom. The molecule has 3 rings (SSSR count). The van der Waals surface area contributed by atoms with E-state index in [2.05, 4.69) is 10.2 Å². The highest BCUT2D eigenvalue weighted by molar-refractivity contribution is 6.07. The largest absolute Gasteiger partial charge is 0.497 e. The number of aryl methyl sites for hydroxylation is 1. The molecule has 23 heavy (non-hydrogen) atoms. The first-order valence-electron chi connectivity index (χ1n) is 7.84. The second-order valence-electron chi connectivity index (χ2n) is 5.61. The summed E-state index contributed by atoms with van der Waals surface area (Å²) in [6.45, 7) is 6.60. The van der Waals surface area contributed by atoms with Gasteiger partial charge in [0.05, 0.1) is 25.9 Å². The molecule has 0 saturated carbocycles. The summed E-state index contributed by atoms with van der Waals surface area (Å²) in [5.74, 6) is 1.22. The Morgan fingerprint density at radius 2 is 2.13 bits per heavy atom. The van der Waals surface area contributed by atoms with Gasteiger partial charge in [-0.15, -0.1) is 0 Å². The van der Waals surface area contributed by atoms with Gasteiger partial charge in [0.25, 0.3) is 5.91 Å². The van der Waals surface area contributed by atoms with Gasteiger partial charge in [-0.2, -0.15) is 0 Å². The van der Waals surface area contributed by atoms with E-state index in [1.165, 1.54) is 0 Å². The Balaban J connectivity index is 1.68. The van der Waals surface area contributed by atoms with Gasteiger partial charge >= 0.3 is 0 Å². The van der Waals surface area contributed by atoms with Crippen molar-refractivity contribution in [2.24, 2.45) is 0 Å². The van der Waals surface area contributed by atoms with Gasteiger partial charge in [-0.3, -0.25) is 9.69 Å². The highest BCUT2D eigenvalue weighted by atomic mass is 16.5. The van der Waals surface area contributed by atoms with Crippen LogP contribution in [0.4, 0.5) is 0 Å². The Kier molecular flexibility index (Phi) is 4.83. The molecule has 124 valence electrons. The van der Waals surface area contributed by atoms with E-state index in [9.17, 15) is 4.79 Å². The predicted octanol–water partition coefficient (Wildman–Crippen LogP) is 1.81. The summed E-state index contributed by atoms with van der Waals surface area (Å²) in [5, 5.41) is 3.76. The van der Waals surface area contributed by atoms with Crippen LogP contribution in [-0.4, -0.2) is 57.3 Å². The van der Waals surface area contributed by atoms with E-state index in [1.54, 1.807) is 7.11 Å². The molecule has 1 saturated heterocycles. The molecule has 2 heterocycles. The van der Waals surface area contributed by atoms with Crippen molar-refractivity contribution in [2.75, 3.05) is 46.5 Å². The first-order valence-corrected chi connectivity index (χ1v) is 7.84. The summed E-state index contributed by atoms with van der Waals surface area (Å²) in [4.78, 5) is 14.8. The van der Waals surface area contributed by atoms with E-state index in [4.69, 9.17) is 13.9 Å². The smallest absolute Gasteiger partial charge is 0.255 e. The Hall–Kier alpha value is -2.05. The highest BCUT2D eigenvalue weighted by Gasteiger charge is 2.19. The first kappa shape index (κ1) is 15.8. The number of morpholine rings is 1. The fourth-order valence-electron chi connectivity index (χ4n) is 2.85. The van der Waals surface area contributed by atoms with E-state index in [1.807, 2.05) is 25.1 Å². The number of nitrogens with zero attached hydrogens (tertiary/aromatic N) is 1. The van der Waals surface area contributed by atoms with Gasteiger partial charge in [-0.05, 0) is 25.1 Å². The lowest BCUT2D eigenvalue weighted by molar-refractivity contribution is 0.0383. The SMILES string of the molecule is COc1ccc2oc(C)c(C(=O)NCCN3CCOCC3)c2c1. The van der Waals surface area contributed by atoms with E-state index in [0.29, 0.717) is 29.2 Å². The van der Waals surface area contributed by atoms with Crippen LogP contribution in [0.5, 0.6) is 5.75 Å². The Bertz CT molecular complexity index is 689. The molecule has 1 aromatic carbocycles. The zero-order valence-corrected chi connectivity index (χ0v) is 13.6. The summed E-state index contributed by atoms with van der Waals surface area (Å²) < 4.78 is 16.2. The molecule has 2 aromatic rings. The summed E-state index contributed by atoms with van der Waals surface area (Å²) in [7, 11) is 1.61. The number of furan rings is 1. The Labute approximate surface area is 135 Å². The molecule has 6 heteroatoms. The number of ether oxygens (including phenoxy) is 2. The quantitative estimate of drug-likeness (QED) is 0.911. The Morgan fingerprint density at radius 1 is 1.35 bits per heavy atom. The zero-order valence-electron chi connectivity index (χ0n) is 13.6. The molecule has 1 aliphatic rings. The van der Waals surface area contributed by atoms with Crippen LogP contribution in [0.3, 0.4) is 0 Å². The van der Waals surface area contributed by atoms with Crippen LogP contribution in [0, 0.1) is 6.92 Å². The third-order valence-electron chi connectivity index (χ3n) is 4.12. The summed E-state index contributed by atoms with van der Waals surface area (Å²) in [6, 6.07) is 5.49. The lowest BCUT2D eigenvalue weighted by Crippen LogP contribution is -2.41. The number of benzene rings is 1. The molecule has 1 aromatic heterocycles. The van der Waals surface area contributed by atoms with Crippen molar-refractivity contribution in [1.82, 2.24) is 10.2 Å². The molecule has 0 unspecified atom stereocenters. The number of nitrogens with one attached hydrogen (secondary N) is 1. The van der Waals surface area contributed by atoms with Crippen LogP contribution in [0.2, 0.25) is 0 Å². The molecular formula is C17H22N2O4. The molecule has 0 radical (unpaired) electrons. The van der Waals surface area contributed by atoms with E-state index in [0.717, 1.165) is 38.2 Å². The minimum Gasteiger partial charge on any atom is -0.497 e. The molecule has 1 amide bonds. The fraction of sp³-hybridized carbons (Fsp3) is 0.471. The lowest BCUT2D eigenvalue weighted by atomic mass is 10.1. The molecule has 1 N–H and O–H groups in total. The van der Waals surface area contributed by atoms with Gasteiger partial charge in [-0.1, -0.05) is 0 Å². The van der Waals surface area contributed by atoms with Gasteiger partial charge in [0.15, 0.2) is 0 Å². The van der Waals surface area contributed by atoms with Crippen molar-refractivity contribution < 1.29 is 18.7 Å². The van der Waals surface area contributed by atoms with Gasteiger partial charge in [0.2, 0.25) is 0 Å². The fourth-order valence-corrected chi connectivity index (χ4v) is 2.85. The molecule has 1 fully saturated rings. The minimum absolute atomic E-state index is 0.109. The number of hydrogen-bond acceptors (Lipinski definition) is 5. The average Bonchev–Trinajstić information content (AvgIpc) is 2.90. The second kappa shape index (κ2) is 7.02. The summed E-state index contributed by atoms with van der Waals surface area (Å²) in [6.07, 6.45) is 0. The molecule has 0 atom stereocenters. The number of amides is 1. The molecule has 0 bridgehead atoms. The summed E-state index contributed by atoms with van der Waals surface area (Å²) in [5.41, 5.74) is 1.28. The van der Waals surface area contributed by atoms with Crippen molar-refractivity contribution in [2.45, 2.75) is 6.92 Å². The highest BCUT2D eigenvalue weighted by Crippen LogP contribution is 2.28. The van der Waals surface area contributed by atoms with Crippen LogP contribution in [0.1, 0.15) is 16.1 Å². The van der Waals surface area contributed by atoms with Gasteiger partial charge in [-0.25, -0.2) is 0 Å². The maximum absolute atomic E-state index is 12.5. The van der Waals surface area contributed by atoms with E-state index in [-0.39, 0.29) is 5.91 Å². The van der Waals surface area contributed by atoms with Gasteiger partial charge in [0.1, 0.15) is 17.1 Å². The molecule has 0 aliphatic carbocycles. The van der Waals surface area contributed by atoms with Gasteiger partial charge < -0.3 is 19.2 Å². The van der Waals surface area contributed by atoms with Crippen molar-refractivity contribution in [3.63, 3.8) is 0 Å².